The Hall–Kier alpha value is -0.850. The highest BCUT2D eigenvalue weighted by atomic mass is 14.6. The van der Waals surface area contributed by atoms with Crippen molar-refractivity contribution in [2.24, 2.45) is 11.8 Å². The number of rotatable bonds is 10. The van der Waals surface area contributed by atoms with Crippen molar-refractivity contribution in [1.29, 1.82) is 0 Å². The fraction of sp³-hybridized carbons (Fsp3) is 0.737. The van der Waals surface area contributed by atoms with Gasteiger partial charge in [0.2, 0.25) is 0 Å². The monoisotopic (exact) mass is 275 g/mol. The Kier molecular flexibility index (Phi) is 8.57. The largest absolute Gasteiger partial charge is 0.264 e. The van der Waals surface area contributed by atoms with Crippen LogP contribution in [0.4, 0.5) is 0 Å². The van der Waals surface area contributed by atoms with Crippen LogP contribution in [0.3, 0.4) is 0 Å². The zero-order valence-electron chi connectivity index (χ0n) is 14.0. The summed E-state index contributed by atoms with van der Waals surface area (Å²) in [6.45, 7) is 9.22. The minimum absolute atomic E-state index is 0.834. The Morgan fingerprint density at radius 1 is 0.750 bits per heavy atom. The van der Waals surface area contributed by atoms with Crippen LogP contribution >= 0.6 is 0 Å². The number of hydrogen-bond acceptors (Lipinski definition) is 1. The Morgan fingerprint density at radius 2 is 1.20 bits per heavy atom. The molecule has 0 unspecified atom stereocenters. The van der Waals surface area contributed by atoms with Gasteiger partial charge in [-0.25, -0.2) is 0 Å². The molecule has 0 saturated heterocycles. The molecule has 1 nitrogen and oxygen atoms in total. The van der Waals surface area contributed by atoms with Crippen LogP contribution in [0.1, 0.15) is 77.3 Å². The fourth-order valence-electron chi connectivity index (χ4n) is 2.58. The number of aromatic nitrogens is 1. The molecule has 0 bridgehead atoms. The third-order valence-electron chi connectivity index (χ3n) is 3.85. The van der Waals surface area contributed by atoms with E-state index in [1.54, 1.807) is 0 Å². The molecule has 0 spiro atoms. The zero-order chi connectivity index (χ0) is 14.8. The van der Waals surface area contributed by atoms with Crippen LogP contribution < -0.4 is 0 Å². The number of hydrogen-bond donors (Lipinski definition) is 0. The van der Waals surface area contributed by atoms with Crippen molar-refractivity contribution in [2.45, 2.75) is 79.1 Å². The number of aryl methyl sites for hydroxylation is 2. The van der Waals surface area contributed by atoms with Crippen LogP contribution in [0.25, 0.3) is 0 Å². The van der Waals surface area contributed by atoms with Crippen molar-refractivity contribution in [3.8, 4) is 0 Å². The molecule has 1 aromatic heterocycles. The Morgan fingerprint density at radius 3 is 1.60 bits per heavy atom. The molecule has 1 heteroatoms. The van der Waals surface area contributed by atoms with E-state index < -0.39 is 0 Å². The topological polar surface area (TPSA) is 12.9 Å². The molecule has 0 fully saturated rings. The van der Waals surface area contributed by atoms with E-state index in [9.17, 15) is 0 Å². The molecule has 1 aromatic rings. The summed E-state index contributed by atoms with van der Waals surface area (Å²) in [6, 6.07) is 2.37. The van der Waals surface area contributed by atoms with Crippen molar-refractivity contribution in [1.82, 2.24) is 4.98 Å². The first-order valence-corrected chi connectivity index (χ1v) is 8.50. The van der Waals surface area contributed by atoms with Gasteiger partial charge in [-0.1, -0.05) is 59.4 Å². The summed E-state index contributed by atoms with van der Waals surface area (Å²) in [6.07, 6.45) is 14.5. The first-order chi connectivity index (χ1) is 9.58. The lowest BCUT2D eigenvalue weighted by Gasteiger charge is -2.07. The van der Waals surface area contributed by atoms with Crippen LogP contribution in [0.15, 0.2) is 18.5 Å². The molecule has 0 aromatic carbocycles. The molecule has 0 N–H and O–H groups in total. The first-order valence-electron chi connectivity index (χ1n) is 8.50. The highest BCUT2D eigenvalue weighted by molar-refractivity contribution is 5.18. The van der Waals surface area contributed by atoms with Gasteiger partial charge >= 0.3 is 0 Å². The van der Waals surface area contributed by atoms with Crippen molar-refractivity contribution in [3.63, 3.8) is 0 Å². The number of unbranched alkanes of at least 4 members (excludes halogenated alkanes) is 2. The van der Waals surface area contributed by atoms with Gasteiger partial charge in [0.25, 0.3) is 0 Å². The lowest BCUT2D eigenvalue weighted by molar-refractivity contribution is 0.536. The van der Waals surface area contributed by atoms with E-state index in [1.165, 1.54) is 62.5 Å². The second-order valence-corrected chi connectivity index (χ2v) is 6.98. The van der Waals surface area contributed by atoms with Crippen molar-refractivity contribution >= 4 is 0 Å². The average molecular weight is 275 g/mol. The highest BCUT2D eigenvalue weighted by Crippen LogP contribution is 2.14. The summed E-state index contributed by atoms with van der Waals surface area (Å²) in [5.41, 5.74) is 2.85. The van der Waals surface area contributed by atoms with Crippen LogP contribution in [0, 0.1) is 11.8 Å². The quantitative estimate of drug-likeness (QED) is 0.490. The average Bonchev–Trinajstić information content (AvgIpc) is 2.40. The predicted molar refractivity (Wildman–Crippen MR) is 89.0 cm³/mol. The van der Waals surface area contributed by atoms with Gasteiger partial charge in [-0.05, 0) is 48.6 Å². The fourth-order valence-corrected chi connectivity index (χ4v) is 2.58. The Bertz CT molecular complexity index is 323. The van der Waals surface area contributed by atoms with E-state index in [4.69, 9.17) is 0 Å². The van der Waals surface area contributed by atoms with E-state index in [0.717, 1.165) is 11.8 Å². The third kappa shape index (κ3) is 8.35. The molecule has 0 amide bonds. The minimum Gasteiger partial charge on any atom is -0.264 e. The van der Waals surface area contributed by atoms with Gasteiger partial charge in [0.15, 0.2) is 0 Å². The molecule has 0 aliphatic carbocycles. The van der Waals surface area contributed by atoms with Crippen molar-refractivity contribution in [3.05, 3.63) is 29.6 Å². The van der Waals surface area contributed by atoms with Crippen molar-refractivity contribution in [2.75, 3.05) is 0 Å². The molecule has 1 rings (SSSR count). The minimum atomic E-state index is 0.834. The van der Waals surface area contributed by atoms with E-state index in [0.29, 0.717) is 0 Å². The summed E-state index contributed by atoms with van der Waals surface area (Å²) >= 11 is 0. The molecule has 0 aliphatic rings. The van der Waals surface area contributed by atoms with Gasteiger partial charge in [-0.3, -0.25) is 4.98 Å². The van der Waals surface area contributed by atoms with Crippen molar-refractivity contribution < 1.29 is 0 Å². The molecule has 0 radical (unpaired) electrons. The standard InChI is InChI=1S/C19H33N/c1-16(2)9-5-7-11-18-13-19(15-20-14-18)12-8-6-10-17(3)4/h13-17H,5-12H2,1-4H3. The normalized spacial score (nSPS) is 11.5. The van der Waals surface area contributed by atoms with Gasteiger partial charge < -0.3 is 0 Å². The van der Waals surface area contributed by atoms with E-state index in [2.05, 4.69) is 38.7 Å². The van der Waals surface area contributed by atoms with Crippen LogP contribution in [-0.4, -0.2) is 4.98 Å². The molecule has 20 heavy (non-hydrogen) atoms. The van der Waals surface area contributed by atoms with Gasteiger partial charge in [-0.15, -0.1) is 0 Å². The summed E-state index contributed by atoms with van der Waals surface area (Å²) in [7, 11) is 0. The van der Waals surface area contributed by atoms with Crippen LogP contribution in [0.5, 0.6) is 0 Å². The smallest absolute Gasteiger partial charge is 0.0300 e. The molecule has 0 aliphatic heterocycles. The molecular weight excluding hydrogens is 242 g/mol. The lowest BCUT2D eigenvalue weighted by atomic mass is 10.0. The highest BCUT2D eigenvalue weighted by Gasteiger charge is 2.00. The van der Waals surface area contributed by atoms with Gasteiger partial charge in [0, 0.05) is 12.4 Å². The van der Waals surface area contributed by atoms with E-state index >= 15 is 0 Å². The first kappa shape index (κ1) is 17.2. The molecule has 114 valence electrons. The predicted octanol–water partition coefficient (Wildman–Crippen LogP) is 5.82. The number of pyridine rings is 1. The Balaban J connectivity index is 2.26. The maximum atomic E-state index is 4.41. The van der Waals surface area contributed by atoms with Crippen LogP contribution in [0.2, 0.25) is 0 Å². The number of nitrogens with zero attached hydrogens (tertiary/aromatic N) is 1. The van der Waals surface area contributed by atoms with Gasteiger partial charge in [-0.2, -0.15) is 0 Å². The molecular formula is C19H33N. The molecule has 1 heterocycles. The third-order valence-corrected chi connectivity index (χ3v) is 3.85. The maximum absolute atomic E-state index is 4.41. The second kappa shape index (κ2) is 9.96. The zero-order valence-corrected chi connectivity index (χ0v) is 14.0. The van der Waals surface area contributed by atoms with Crippen LogP contribution in [-0.2, 0) is 12.8 Å². The lowest BCUT2D eigenvalue weighted by Crippen LogP contribution is -1.94. The SMILES string of the molecule is CC(C)CCCCc1cncc(CCCCC(C)C)c1. The summed E-state index contributed by atoms with van der Waals surface area (Å²) in [5.74, 6) is 1.67. The summed E-state index contributed by atoms with van der Waals surface area (Å²) in [4.78, 5) is 4.41. The molecule has 0 saturated carbocycles. The maximum Gasteiger partial charge on any atom is 0.0300 e. The van der Waals surface area contributed by atoms with Gasteiger partial charge in [0.1, 0.15) is 0 Å². The summed E-state index contributed by atoms with van der Waals surface area (Å²) < 4.78 is 0. The second-order valence-electron chi connectivity index (χ2n) is 6.98. The molecule has 0 atom stereocenters. The Labute approximate surface area is 126 Å². The van der Waals surface area contributed by atoms with Gasteiger partial charge in [0.05, 0.1) is 0 Å². The van der Waals surface area contributed by atoms with E-state index in [-0.39, 0.29) is 0 Å². The van der Waals surface area contributed by atoms with E-state index in [1.807, 2.05) is 12.4 Å². The summed E-state index contributed by atoms with van der Waals surface area (Å²) in [5, 5.41) is 0.